The molecule has 2 aliphatic rings. The number of aryl methyl sites for hydroxylation is 1. The van der Waals surface area contributed by atoms with E-state index in [2.05, 4.69) is 10.2 Å². The van der Waals surface area contributed by atoms with Crippen molar-refractivity contribution in [2.75, 3.05) is 45.2 Å². The highest BCUT2D eigenvalue weighted by Gasteiger charge is 2.46. The van der Waals surface area contributed by atoms with Gasteiger partial charge in [0.15, 0.2) is 0 Å². The maximum atomic E-state index is 14.1. The van der Waals surface area contributed by atoms with E-state index in [1.54, 1.807) is 13.3 Å². The van der Waals surface area contributed by atoms with E-state index in [-0.39, 0.29) is 23.6 Å². The van der Waals surface area contributed by atoms with Crippen molar-refractivity contribution < 1.29 is 22.7 Å². The van der Waals surface area contributed by atoms with Gasteiger partial charge in [0.25, 0.3) is 0 Å². The first kappa shape index (κ1) is 28.6. The van der Waals surface area contributed by atoms with Crippen molar-refractivity contribution in [3.8, 4) is 17.5 Å². The van der Waals surface area contributed by atoms with Crippen molar-refractivity contribution in [2.24, 2.45) is 7.05 Å². The van der Waals surface area contributed by atoms with Gasteiger partial charge in [0, 0.05) is 52.7 Å². The van der Waals surface area contributed by atoms with Crippen LogP contribution in [0.15, 0.2) is 54.9 Å². The van der Waals surface area contributed by atoms with Crippen molar-refractivity contribution in [3.05, 3.63) is 71.5 Å². The molecule has 1 N–H and O–H groups in total. The molecule has 2 aliphatic heterocycles. The molecule has 8 nitrogen and oxygen atoms in total. The first-order valence-electron chi connectivity index (χ1n) is 13.5. The molecular weight excluding hydrogens is 533 g/mol. The molecule has 2 saturated heterocycles. The molecule has 11 heteroatoms. The number of hydrogen-bond acceptors (Lipinski definition) is 6. The second-order valence-electron chi connectivity index (χ2n) is 10.9. The lowest BCUT2D eigenvalue weighted by molar-refractivity contribution is -0.137. The summed E-state index contributed by atoms with van der Waals surface area (Å²) in [6.45, 7) is 2.13. The molecule has 1 unspecified atom stereocenters. The number of aromatic nitrogens is 2. The van der Waals surface area contributed by atoms with Crippen LogP contribution in [-0.2, 0) is 28.2 Å². The quantitative estimate of drug-likeness (QED) is 0.486. The fraction of sp³-hybridized carbons (Fsp3) is 0.433. The summed E-state index contributed by atoms with van der Waals surface area (Å²) in [5, 5.41) is 12.9. The number of likely N-dealkylation sites (tertiary alicyclic amines) is 1. The predicted molar refractivity (Wildman–Crippen MR) is 148 cm³/mol. The minimum Gasteiger partial charge on any atom is -0.378 e. The number of halogens is 3. The average Bonchev–Trinajstić information content (AvgIpc) is 3.56. The lowest BCUT2D eigenvalue weighted by atomic mass is 9.72. The molecule has 2 aromatic heterocycles. The third-order valence-electron chi connectivity index (χ3n) is 8.43. The van der Waals surface area contributed by atoms with Crippen molar-refractivity contribution >= 4 is 11.6 Å². The molecule has 1 amide bonds. The molecule has 0 bridgehead atoms. The topological polar surface area (TPSA) is 86.4 Å². The van der Waals surface area contributed by atoms with Crippen LogP contribution >= 0.6 is 0 Å². The van der Waals surface area contributed by atoms with Crippen LogP contribution in [0.25, 0.3) is 11.4 Å². The monoisotopic (exact) mass is 566 g/mol. The molecule has 1 aromatic carbocycles. The Morgan fingerprint density at radius 1 is 1.15 bits per heavy atom. The standard InChI is InChI=1S/C30H33F3N6O2/c1-37-18-24(27(19-37)41-3)36-28(40)29(22-6-8-23(35-17-22)26-5-4-12-38(26)2)10-13-39(14-11-29)25-9-7-21(30(31,32)33)15-20(25)16-34/h4-9,12,15,17,24,27H,10-11,13-14,18-19H2,1-3H3,(H,36,40)/t24?,27-/m1/s1. The van der Waals surface area contributed by atoms with Gasteiger partial charge in [-0.1, -0.05) is 6.07 Å². The second kappa shape index (κ2) is 11.2. The summed E-state index contributed by atoms with van der Waals surface area (Å²) in [7, 11) is 5.56. The number of carbonyl (C=O) groups excluding carboxylic acids is 1. The van der Waals surface area contributed by atoms with E-state index in [9.17, 15) is 23.2 Å². The summed E-state index contributed by atoms with van der Waals surface area (Å²) in [6, 6.07) is 12.7. The highest BCUT2D eigenvalue weighted by molar-refractivity contribution is 5.89. The number of carbonyl (C=O) groups is 1. The molecule has 41 heavy (non-hydrogen) atoms. The van der Waals surface area contributed by atoms with Crippen LogP contribution in [0.1, 0.15) is 29.5 Å². The largest absolute Gasteiger partial charge is 0.416 e. The van der Waals surface area contributed by atoms with Gasteiger partial charge in [-0.3, -0.25) is 9.78 Å². The highest BCUT2D eigenvalue weighted by Crippen LogP contribution is 2.40. The van der Waals surface area contributed by atoms with Gasteiger partial charge in [-0.2, -0.15) is 18.4 Å². The van der Waals surface area contributed by atoms with Gasteiger partial charge in [-0.05, 0) is 61.9 Å². The number of methoxy groups -OCH3 is 1. The predicted octanol–water partition coefficient (Wildman–Crippen LogP) is 3.96. The number of anilines is 1. The fourth-order valence-electron chi connectivity index (χ4n) is 6.06. The van der Waals surface area contributed by atoms with E-state index >= 15 is 0 Å². The first-order valence-corrected chi connectivity index (χ1v) is 13.5. The summed E-state index contributed by atoms with van der Waals surface area (Å²) >= 11 is 0. The van der Waals surface area contributed by atoms with E-state index < -0.39 is 17.2 Å². The van der Waals surface area contributed by atoms with Crippen molar-refractivity contribution in [3.63, 3.8) is 0 Å². The van der Waals surface area contributed by atoms with Crippen molar-refractivity contribution in [2.45, 2.75) is 36.6 Å². The summed E-state index contributed by atoms with van der Waals surface area (Å²) in [5.74, 6) is -0.124. The molecule has 5 rings (SSSR count). The third kappa shape index (κ3) is 5.54. The van der Waals surface area contributed by atoms with Crippen LogP contribution in [-0.4, -0.2) is 72.8 Å². The number of pyridine rings is 1. The van der Waals surface area contributed by atoms with Crippen molar-refractivity contribution in [1.29, 1.82) is 5.26 Å². The minimum atomic E-state index is -4.54. The Morgan fingerprint density at radius 2 is 1.90 bits per heavy atom. The number of rotatable bonds is 6. The average molecular weight is 567 g/mol. The van der Waals surface area contributed by atoms with Crippen LogP contribution in [0.4, 0.5) is 18.9 Å². The number of nitriles is 1. The fourth-order valence-corrected chi connectivity index (χ4v) is 6.06. The normalized spacial score (nSPS) is 21.0. The highest BCUT2D eigenvalue weighted by atomic mass is 19.4. The molecule has 0 spiro atoms. The van der Waals surface area contributed by atoms with E-state index in [1.165, 1.54) is 6.07 Å². The van der Waals surface area contributed by atoms with E-state index in [0.717, 1.165) is 29.1 Å². The van der Waals surface area contributed by atoms with Gasteiger partial charge in [0.2, 0.25) is 5.91 Å². The number of likely N-dealkylation sites (N-methyl/N-ethyl adjacent to an activating group) is 1. The third-order valence-corrected chi connectivity index (χ3v) is 8.43. The van der Waals surface area contributed by atoms with Crippen LogP contribution in [0, 0.1) is 11.3 Å². The zero-order valence-corrected chi connectivity index (χ0v) is 23.3. The van der Waals surface area contributed by atoms with Crippen LogP contribution < -0.4 is 10.2 Å². The van der Waals surface area contributed by atoms with E-state index in [1.807, 2.05) is 60.1 Å². The van der Waals surface area contributed by atoms with Crippen LogP contribution in [0.2, 0.25) is 0 Å². The maximum Gasteiger partial charge on any atom is 0.416 e. The number of hydrogen-bond donors (Lipinski definition) is 1. The number of amides is 1. The smallest absolute Gasteiger partial charge is 0.378 e. The number of alkyl halides is 3. The minimum absolute atomic E-state index is 0.0395. The lowest BCUT2D eigenvalue weighted by Crippen LogP contribution is -2.56. The van der Waals surface area contributed by atoms with Gasteiger partial charge in [0.05, 0.1) is 45.8 Å². The molecule has 3 aromatic rings. The Bertz CT molecular complexity index is 1440. The molecule has 2 fully saturated rings. The van der Waals surface area contributed by atoms with Gasteiger partial charge >= 0.3 is 6.18 Å². The Hall–Kier alpha value is -3.88. The Labute approximate surface area is 237 Å². The maximum absolute atomic E-state index is 14.1. The molecule has 4 heterocycles. The Morgan fingerprint density at radius 3 is 2.49 bits per heavy atom. The summed E-state index contributed by atoms with van der Waals surface area (Å²) in [4.78, 5) is 22.8. The molecule has 0 aliphatic carbocycles. The lowest BCUT2D eigenvalue weighted by Gasteiger charge is -2.42. The summed E-state index contributed by atoms with van der Waals surface area (Å²) in [6.07, 6.45) is -0.176. The zero-order valence-electron chi connectivity index (χ0n) is 23.3. The molecule has 216 valence electrons. The SMILES string of the molecule is CO[C@@H]1CN(C)CC1NC(=O)C1(c2ccc(-c3cccn3C)nc2)CCN(c2ccc(C(F)(F)F)cc2C#N)CC1. The number of benzene rings is 1. The van der Waals surface area contributed by atoms with Crippen LogP contribution in [0.5, 0.6) is 0 Å². The molecule has 2 atom stereocenters. The molecule has 0 saturated carbocycles. The van der Waals surface area contributed by atoms with E-state index in [0.29, 0.717) is 44.7 Å². The number of ether oxygens (including phenoxy) is 1. The molecular formula is C30H33F3N6O2. The number of piperidine rings is 1. The number of nitrogens with zero attached hydrogens (tertiary/aromatic N) is 5. The van der Waals surface area contributed by atoms with Gasteiger partial charge < -0.3 is 24.4 Å². The Balaban J connectivity index is 1.44. The first-order chi connectivity index (χ1) is 19.6. The van der Waals surface area contributed by atoms with Gasteiger partial charge in [-0.15, -0.1) is 0 Å². The van der Waals surface area contributed by atoms with Gasteiger partial charge in [0.1, 0.15) is 6.07 Å². The Kier molecular flexibility index (Phi) is 7.81. The van der Waals surface area contributed by atoms with E-state index in [4.69, 9.17) is 9.72 Å². The second-order valence-corrected chi connectivity index (χ2v) is 10.9. The number of nitrogens with one attached hydrogen (secondary N) is 1. The summed E-state index contributed by atoms with van der Waals surface area (Å²) in [5.41, 5.74) is 1.14. The van der Waals surface area contributed by atoms with Crippen LogP contribution in [0.3, 0.4) is 0 Å². The summed E-state index contributed by atoms with van der Waals surface area (Å²) < 4.78 is 47.4. The zero-order chi connectivity index (χ0) is 29.4. The van der Waals surface area contributed by atoms with Crippen molar-refractivity contribution in [1.82, 2.24) is 19.8 Å². The molecule has 0 radical (unpaired) electrons. The van der Waals surface area contributed by atoms with Gasteiger partial charge in [-0.25, -0.2) is 0 Å².